The average molecular weight is 270 g/mol. The van der Waals surface area contributed by atoms with Gasteiger partial charge in [0.05, 0.1) is 10.7 Å². The molecule has 2 heterocycles. The van der Waals surface area contributed by atoms with E-state index in [1.165, 1.54) is 0 Å². The summed E-state index contributed by atoms with van der Waals surface area (Å²) in [7, 11) is 0. The zero-order valence-electron chi connectivity index (χ0n) is 7.11. The molecular formula is C10H6BrClN2. The highest BCUT2D eigenvalue weighted by Crippen LogP contribution is 2.26. The van der Waals surface area contributed by atoms with Crippen LogP contribution in [0.3, 0.4) is 0 Å². The van der Waals surface area contributed by atoms with Crippen LogP contribution in [-0.4, -0.2) is 9.97 Å². The maximum Gasteiger partial charge on any atom is 0.107 e. The third-order valence-corrected chi connectivity index (χ3v) is 2.51. The molecule has 2 aromatic rings. The second kappa shape index (κ2) is 4.07. The highest BCUT2D eigenvalue weighted by Gasteiger charge is 2.04. The lowest BCUT2D eigenvalue weighted by molar-refractivity contribution is 1.25. The lowest BCUT2D eigenvalue weighted by Gasteiger charge is -2.02. The van der Waals surface area contributed by atoms with Gasteiger partial charge in [0, 0.05) is 18.0 Å². The van der Waals surface area contributed by atoms with E-state index in [1.54, 1.807) is 18.5 Å². The van der Waals surface area contributed by atoms with Crippen LogP contribution < -0.4 is 0 Å². The third kappa shape index (κ3) is 1.94. The van der Waals surface area contributed by atoms with Crippen molar-refractivity contribution in [1.29, 1.82) is 0 Å². The molecule has 0 bridgehead atoms. The average Bonchev–Trinajstić information content (AvgIpc) is 2.19. The first-order valence-electron chi connectivity index (χ1n) is 4.00. The van der Waals surface area contributed by atoms with E-state index >= 15 is 0 Å². The summed E-state index contributed by atoms with van der Waals surface area (Å²) in [6, 6.07) is 7.44. The van der Waals surface area contributed by atoms with E-state index in [-0.39, 0.29) is 0 Å². The van der Waals surface area contributed by atoms with Gasteiger partial charge in [0.15, 0.2) is 0 Å². The van der Waals surface area contributed by atoms with Gasteiger partial charge in [-0.25, -0.2) is 4.98 Å². The molecule has 0 aliphatic heterocycles. The first-order valence-corrected chi connectivity index (χ1v) is 5.17. The molecule has 0 N–H and O–H groups in total. The van der Waals surface area contributed by atoms with Crippen LogP contribution in [0, 0.1) is 0 Å². The molecule has 0 radical (unpaired) electrons. The van der Waals surface area contributed by atoms with Gasteiger partial charge in [-0.05, 0) is 34.1 Å². The summed E-state index contributed by atoms with van der Waals surface area (Å²) in [6.45, 7) is 0. The fraction of sp³-hybridized carbons (Fsp3) is 0. The first-order chi connectivity index (χ1) is 6.77. The molecule has 0 aromatic carbocycles. The summed E-state index contributed by atoms with van der Waals surface area (Å²) in [5.74, 6) is 0. The molecule has 0 saturated heterocycles. The Kier molecular flexibility index (Phi) is 2.79. The summed E-state index contributed by atoms with van der Waals surface area (Å²) in [5, 5.41) is 0.644. The monoisotopic (exact) mass is 268 g/mol. The van der Waals surface area contributed by atoms with Crippen molar-refractivity contribution in [2.45, 2.75) is 0 Å². The maximum atomic E-state index is 6.05. The van der Waals surface area contributed by atoms with Crippen molar-refractivity contribution in [1.82, 2.24) is 9.97 Å². The third-order valence-electron chi connectivity index (χ3n) is 1.76. The smallest absolute Gasteiger partial charge is 0.107 e. The molecule has 0 unspecified atom stereocenters. The summed E-state index contributed by atoms with van der Waals surface area (Å²) in [6.07, 6.45) is 3.43. The van der Waals surface area contributed by atoms with Gasteiger partial charge in [0.2, 0.25) is 0 Å². The number of rotatable bonds is 1. The molecule has 2 nitrogen and oxygen atoms in total. The van der Waals surface area contributed by atoms with Crippen molar-refractivity contribution in [3.8, 4) is 11.3 Å². The number of hydrogen-bond acceptors (Lipinski definition) is 2. The number of halogens is 2. The predicted molar refractivity (Wildman–Crippen MR) is 60.2 cm³/mol. The number of pyridine rings is 2. The summed E-state index contributed by atoms with van der Waals surface area (Å²) in [5.41, 5.74) is 1.67. The minimum absolute atomic E-state index is 0.644. The zero-order chi connectivity index (χ0) is 9.97. The van der Waals surface area contributed by atoms with E-state index < -0.39 is 0 Å². The maximum absolute atomic E-state index is 6.05. The molecular weight excluding hydrogens is 263 g/mol. The Labute approximate surface area is 95.1 Å². The normalized spacial score (nSPS) is 10.1. The second-order valence-corrected chi connectivity index (χ2v) is 3.92. The molecule has 0 aliphatic carbocycles. The van der Waals surface area contributed by atoms with Crippen molar-refractivity contribution >= 4 is 27.5 Å². The minimum atomic E-state index is 0.644. The molecule has 0 saturated carbocycles. The van der Waals surface area contributed by atoms with E-state index in [2.05, 4.69) is 25.9 Å². The molecule has 70 valence electrons. The summed E-state index contributed by atoms with van der Waals surface area (Å²) < 4.78 is 0.724. The Hall–Kier alpha value is -0.930. The largest absolute Gasteiger partial charge is 0.256 e. The van der Waals surface area contributed by atoms with Crippen molar-refractivity contribution in [3.05, 3.63) is 46.3 Å². The molecule has 2 aromatic heterocycles. The van der Waals surface area contributed by atoms with Crippen molar-refractivity contribution in [2.75, 3.05) is 0 Å². The lowest BCUT2D eigenvalue weighted by atomic mass is 10.2. The van der Waals surface area contributed by atoms with Gasteiger partial charge >= 0.3 is 0 Å². The molecule has 4 heteroatoms. The Morgan fingerprint density at radius 2 is 2.07 bits per heavy atom. The van der Waals surface area contributed by atoms with E-state index in [4.69, 9.17) is 11.6 Å². The Morgan fingerprint density at radius 3 is 2.71 bits per heavy atom. The second-order valence-electron chi connectivity index (χ2n) is 2.70. The van der Waals surface area contributed by atoms with Crippen LogP contribution >= 0.6 is 27.5 Å². The first kappa shape index (κ1) is 9.62. The van der Waals surface area contributed by atoms with E-state index in [0.29, 0.717) is 5.02 Å². The van der Waals surface area contributed by atoms with E-state index in [0.717, 1.165) is 15.9 Å². The van der Waals surface area contributed by atoms with E-state index in [1.807, 2.05) is 18.2 Å². The van der Waals surface area contributed by atoms with E-state index in [9.17, 15) is 0 Å². The van der Waals surface area contributed by atoms with Crippen LogP contribution in [-0.2, 0) is 0 Å². The van der Waals surface area contributed by atoms with Gasteiger partial charge in [-0.1, -0.05) is 17.7 Å². The van der Waals surface area contributed by atoms with Gasteiger partial charge < -0.3 is 0 Å². The summed E-state index contributed by atoms with van der Waals surface area (Å²) in [4.78, 5) is 8.31. The Bertz CT molecular complexity index is 445. The molecule has 14 heavy (non-hydrogen) atoms. The SMILES string of the molecule is Clc1cc(Br)ncc1-c1ccccn1. The molecule has 0 aliphatic rings. The number of hydrogen-bond donors (Lipinski definition) is 0. The van der Waals surface area contributed by atoms with Crippen molar-refractivity contribution in [3.63, 3.8) is 0 Å². The molecule has 0 atom stereocenters. The van der Waals surface area contributed by atoms with Gasteiger partial charge in [-0.15, -0.1) is 0 Å². The van der Waals surface area contributed by atoms with Gasteiger partial charge in [-0.3, -0.25) is 4.98 Å². The van der Waals surface area contributed by atoms with Crippen LogP contribution in [0.4, 0.5) is 0 Å². The Balaban J connectivity index is 2.53. The standard InChI is InChI=1S/C10H6BrClN2/c11-10-5-8(12)7(6-14-10)9-3-1-2-4-13-9/h1-6H. The van der Waals surface area contributed by atoms with Crippen molar-refractivity contribution < 1.29 is 0 Å². The molecule has 0 amide bonds. The van der Waals surface area contributed by atoms with Crippen LogP contribution in [0.2, 0.25) is 5.02 Å². The van der Waals surface area contributed by atoms with Crippen LogP contribution in [0.1, 0.15) is 0 Å². The van der Waals surface area contributed by atoms with Crippen LogP contribution in [0.5, 0.6) is 0 Å². The van der Waals surface area contributed by atoms with Crippen LogP contribution in [0.25, 0.3) is 11.3 Å². The topological polar surface area (TPSA) is 25.8 Å². The highest BCUT2D eigenvalue weighted by atomic mass is 79.9. The minimum Gasteiger partial charge on any atom is -0.256 e. The van der Waals surface area contributed by atoms with Gasteiger partial charge in [0.25, 0.3) is 0 Å². The Morgan fingerprint density at radius 1 is 1.21 bits per heavy atom. The molecule has 0 fully saturated rings. The number of aromatic nitrogens is 2. The predicted octanol–water partition coefficient (Wildman–Crippen LogP) is 3.56. The molecule has 0 spiro atoms. The number of nitrogens with zero attached hydrogens (tertiary/aromatic N) is 2. The summed E-state index contributed by atoms with van der Waals surface area (Å²) >= 11 is 9.31. The fourth-order valence-corrected chi connectivity index (χ4v) is 1.83. The zero-order valence-corrected chi connectivity index (χ0v) is 9.46. The fourth-order valence-electron chi connectivity index (χ4n) is 1.12. The van der Waals surface area contributed by atoms with Gasteiger partial charge in [-0.2, -0.15) is 0 Å². The lowest BCUT2D eigenvalue weighted by Crippen LogP contribution is -1.85. The quantitative estimate of drug-likeness (QED) is 0.740. The molecule has 2 rings (SSSR count). The highest BCUT2D eigenvalue weighted by molar-refractivity contribution is 9.10. The van der Waals surface area contributed by atoms with Gasteiger partial charge in [0.1, 0.15) is 4.60 Å². The van der Waals surface area contributed by atoms with Crippen molar-refractivity contribution in [2.24, 2.45) is 0 Å². The van der Waals surface area contributed by atoms with Crippen LogP contribution in [0.15, 0.2) is 41.3 Å².